The molecule has 0 spiro atoms. The molecule has 1 heterocycles. The summed E-state index contributed by atoms with van der Waals surface area (Å²) < 4.78 is 5.72. The van der Waals surface area contributed by atoms with Gasteiger partial charge in [-0.15, -0.1) is 0 Å². The predicted molar refractivity (Wildman–Crippen MR) is 71.3 cm³/mol. The average molecular weight is 249 g/mol. The Balaban J connectivity index is 2.23. The van der Waals surface area contributed by atoms with Crippen LogP contribution in [-0.4, -0.2) is 22.8 Å². The predicted octanol–water partition coefficient (Wildman–Crippen LogP) is 3.02. The highest BCUT2D eigenvalue weighted by Crippen LogP contribution is 2.43. The Labute approximate surface area is 109 Å². The first-order valence-corrected chi connectivity index (χ1v) is 6.73. The third-order valence-corrected chi connectivity index (χ3v) is 4.15. The van der Waals surface area contributed by atoms with Crippen molar-refractivity contribution in [1.82, 2.24) is 4.98 Å². The van der Waals surface area contributed by atoms with Crippen LogP contribution in [0.5, 0.6) is 0 Å². The Morgan fingerprint density at radius 2 is 2.28 bits per heavy atom. The molecule has 1 fully saturated rings. The van der Waals surface area contributed by atoms with Crippen LogP contribution in [0.25, 0.3) is 0 Å². The topological polar surface area (TPSA) is 42.4 Å². The SMILES string of the molecule is COC1(C(O)c2ccc(C)nc2)CCCC(C)C1. The van der Waals surface area contributed by atoms with Gasteiger partial charge in [0.25, 0.3) is 0 Å². The zero-order chi connectivity index (χ0) is 13.2. The summed E-state index contributed by atoms with van der Waals surface area (Å²) in [6.45, 7) is 4.18. The van der Waals surface area contributed by atoms with Gasteiger partial charge in [0.05, 0.1) is 5.60 Å². The minimum atomic E-state index is -0.585. The van der Waals surface area contributed by atoms with E-state index in [0.29, 0.717) is 5.92 Å². The van der Waals surface area contributed by atoms with E-state index in [4.69, 9.17) is 4.74 Å². The summed E-state index contributed by atoms with van der Waals surface area (Å²) in [5.41, 5.74) is 1.39. The molecule has 0 bridgehead atoms. The molecule has 1 aromatic rings. The van der Waals surface area contributed by atoms with Gasteiger partial charge in [0.1, 0.15) is 6.10 Å². The molecule has 0 radical (unpaired) electrons. The molecule has 100 valence electrons. The lowest BCUT2D eigenvalue weighted by Gasteiger charge is -2.42. The summed E-state index contributed by atoms with van der Waals surface area (Å²) in [5, 5.41) is 10.6. The van der Waals surface area contributed by atoms with E-state index in [1.807, 2.05) is 19.1 Å². The standard InChI is InChI=1S/C15H23NO2/c1-11-5-4-8-15(9-11,18-3)14(17)13-7-6-12(2)16-10-13/h6-7,10-11,14,17H,4-5,8-9H2,1-3H3. The monoisotopic (exact) mass is 249 g/mol. The molecule has 0 aliphatic heterocycles. The second-order valence-electron chi connectivity index (χ2n) is 5.61. The number of aliphatic hydroxyl groups is 1. The second-order valence-corrected chi connectivity index (χ2v) is 5.61. The van der Waals surface area contributed by atoms with Crippen LogP contribution in [0.1, 0.15) is 50.0 Å². The summed E-state index contributed by atoms with van der Waals surface area (Å²) in [6.07, 6.45) is 5.36. The summed E-state index contributed by atoms with van der Waals surface area (Å²) in [4.78, 5) is 4.26. The first-order chi connectivity index (χ1) is 8.57. The van der Waals surface area contributed by atoms with Crippen LogP contribution in [-0.2, 0) is 4.74 Å². The highest BCUT2D eigenvalue weighted by atomic mass is 16.5. The summed E-state index contributed by atoms with van der Waals surface area (Å²) in [6, 6.07) is 3.89. The van der Waals surface area contributed by atoms with E-state index in [1.54, 1.807) is 13.3 Å². The number of hydrogen-bond donors (Lipinski definition) is 1. The van der Waals surface area contributed by atoms with Crippen molar-refractivity contribution in [3.8, 4) is 0 Å². The molecular weight excluding hydrogens is 226 g/mol. The molecule has 1 aliphatic carbocycles. The fraction of sp³-hybridized carbons (Fsp3) is 0.667. The quantitative estimate of drug-likeness (QED) is 0.895. The smallest absolute Gasteiger partial charge is 0.109 e. The minimum Gasteiger partial charge on any atom is -0.385 e. The Hall–Kier alpha value is -0.930. The van der Waals surface area contributed by atoms with E-state index >= 15 is 0 Å². The number of methoxy groups -OCH3 is 1. The van der Waals surface area contributed by atoms with Gasteiger partial charge in [-0.25, -0.2) is 0 Å². The lowest BCUT2D eigenvalue weighted by Crippen LogP contribution is -2.42. The molecule has 3 heteroatoms. The molecule has 3 unspecified atom stereocenters. The van der Waals surface area contributed by atoms with Crippen LogP contribution in [0.4, 0.5) is 0 Å². The maximum absolute atomic E-state index is 10.6. The van der Waals surface area contributed by atoms with Crippen LogP contribution in [0.3, 0.4) is 0 Å². The number of hydrogen-bond acceptors (Lipinski definition) is 3. The maximum Gasteiger partial charge on any atom is 0.109 e. The average Bonchev–Trinajstić information content (AvgIpc) is 2.38. The molecule has 3 nitrogen and oxygen atoms in total. The zero-order valence-corrected chi connectivity index (χ0v) is 11.5. The molecule has 0 saturated heterocycles. The fourth-order valence-corrected chi connectivity index (χ4v) is 3.03. The molecule has 1 saturated carbocycles. The van der Waals surface area contributed by atoms with E-state index in [0.717, 1.165) is 30.5 Å². The number of aromatic nitrogens is 1. The molecule has 2 rings (SSSR count). The largest absolute Gasteiger partial charge is 0.385 e. The van der Waals surface area contributed by atoms with Crippen molar-refractivity contribution in [3.05, 3.63) is 29.6 Å². The van der Waals surface area contributed by atoms with E-state index in [2.05, 4.69) is 11.9 Å². The fourth-order valence-electron chi connectivity index (χ4n) is 3.03. The second kappa shape index (κ2) is 5.37. The van der Waals surface area contributed by atoms with Gasteiger partial charge in [-0.2, -0.15) is 0 Å². The molecule has 18 heavy (non-hydrogen) atoms. The highest BCUT2D eigenvalue weighted by molar-refractivity contribution is 5.19. The summed E-state index contributed by atoms with van der Waals surface area (Å²) in [5.74, 6) is 0.603. The van der Waals surface area contributed by atoms with Crippen molar-refractivity contribution in [1.29, 1.82) is 0 Å². The molecule has 1 aliphatic rings. The van der Waals surface area contributed by atoms with Crippen LogP contribution in [0.15, 0.2) is 18.3 Å². The van der Waals surface area contributed by atoms with Crippen LogP contribution < -0.4 is 0 Å². The first kappa shape index (κ1) is 13.5. The number of aryl methyl sites for hydroxylation is 1. The zero-order valence-electron chi connectivity index (χ0n) is 11.5. The Morgan fingerprint density at radius 1 is 1.50 bits per heavy atom. The van der Waals surface area contributed by atoms with Gasteiger partial charge in [-0.05, 0) is 31.7 Å². The molecule has 0 amide bonds. The van der Waals surface area contributed by atoms with Crippen molar-refractivity contribution in [2.75, 3.05) is 7.11 Å². The third-order valence-electron chi connectivity index (χ3n) is 4.15. The van der Waals surface area contributed by atoms with Crippen LogP contribution in [0.2, 0.25) is 0 Å². The van der Waals surface area contributed by atoms with Gasteiger partial charge >= 0.3 is 0 Å². The van der Waals surface area contributed by atoms with Crippen molar-refractivity contribution in [2.24, 2.45) is 5.92 Å². The van der Waals surface area contributed by atoms with Gasteiger partial charge in [0.15, 0.2) is 0 Å². The summed E-state index contributed by atoms with van der Waals surface area (Å²) in [7, 11) is 1.71. The molecule has 1 aromatic heterocycles. The maximum atomic E-state index is 10.6. The van der Waals surface area contributed by atoms with E-state index in [-0.39, 0.29) is 0 Å². The van der Waals surface area contributed by atoms with Gasteiger partial charge in [0, 0.05) is 24.6 Å². The van der Waals surface area contributed by atoms with E-state index < -0.39 is 11.7 Å². The van der Waals surface area contributed by atoms with Gasteiger partial charge in [-0.1, -0.05) is 25.8 Å². The van der Waals surface area contributed by atoms with Crippen molar-refractivity contribution in [2.45, 2.75) is 51.2 Å². The Kier molecular flexibility index (Phi) is 4.03. The number of pyridine rings is 1. The van der Waals surface area contributed by atoms with Gasteiger partial charge < -0.3 is 9.84 Å². The number of nitrogens with zero attached hydrogens (tertiary/aromatic N) is 1. The first-order valence-electron chi connectivity index (χ1n) is 6.73. The lowest BCUT2D eigenvalue weighted by molar-refractivity contribution is -0.134. The lowest BCUT2D eigenvalue weighted by atomic mass is 9.74. The number of ether oxygens (including phenoxy) is 1. The van der Waals surface area contributed by atoms with E-state index in [1.165, 1.54) is 6.42 Å². The van der Waals surface area contributed by atoms with Gasteiger partial charge in [-0.3, -0.25) is 4.98 Å². The number of rotatable bonds is 3. The Morgan fingerprint density at radius 3 is 2.83 bits per heavy atom. The minimum absolute atomic E-state index is 0.436. The molecule has 1 N–H and O–H groups in total. The molecule has 3 atom stereocenters. The normalized spacial score (nSPS) is 30.1. The van der Waals surface area contributed by atoms with Crippen LogP contribution in [0, 0.1) is 12.8 Å². The summed E-state index contributed by atoms with van der Waals surface area (Å²) >= 11 is 0. The Bertz CT molecular complexity index is 390. The van der Waals surface area contributed by atoms with Crippen LogP contribution >= 0.6 is 0 Å². The van der Waals surface area contributed by atoms with Crippen molar-refractivity contribution >= 4 is 0 Å². The molecular formula is C15H23NO2. The third kappa shape index (κ3) is 2.57. The van der Waals surface area contributed by atoms with Crippen molar-refractivity contribution in [3.63, 3.8) is 0 Å². The molecule has 0 aromatic carbocycles. The highest BCUT2D eigenvalue weighted by Gasteiger charge is 2.42. The van der Waals surface area contributed by atoms with Crippen molar-refractivity contribution < 1.29 is 9.84 Å². The van der Waals surface area contributed by atoms with Gasteiger partial charge in [0.2, 0.25) is 0 Å². The number of aliphatic hydroxyl groups excluding tert-OH is 1. The van der Waals surface area contributed by atoms with E-state index in [9.17, 15) is 5.11 Å².